The lowest BCUT2D eigenvalue weighted by Gasteiger charge is -2.38. The lowest BCUT2D eigenvalue weighted by molar-refractivity contribution is -0.150. The van der Waals surface area contributed by atoms with E-state index >= 15 is 0 Å². The molecule has 6 heteroatoms. The number of benzene rings is 1. The van der Waals surface area contributed by atoms with E-state index in [9.17, 15) is 24.9 Å². The molecule has 0 fully saturated rings. The molecular formula is C14H19NO5. The first kappa shape index (κ1) is 15.8. The molecule has 20 heavy (non-hydrogen) atoms. The van der Waals surface area contributed by atoms with Crippen molar-refractivity contribution in [2.45, 2.75) is 33.2 Å². The Bertz CT molecular complexity index is 548. The minimum absolute atomic E-state index is 0.112. The quantitative estimate of drug-likeness (QED) is 0.629. The van der Waals surface area contributed by atoms with Crippen molar-refractivity contribution in [3.05, 3.63) is 23.8 Å². The molecule has 0 bridgehead atoms. The number of amides is 1. The molecule has 0 saturated carbocycles. The molecule has 4 N–H and O–H groups in total. The fourth-order valence-corrected chi connectivity index (χ4v) is 1.49. The molecule has 0 spiro atoms. The molecule has 1 rings (SSSR count). The number of aromatic hydroxyl groups is 2. The number of rotatable bonds is 4. The van der Waals surface area contributed by atoms with E-state index in [4.69, 9.17) is 0 Å². The highest BCUT2D eigenvalue weighted by atomic mass is 16.4. The van der Waals surface area contributed by atoms with Gasteiger partial charge in [0.25, 0.3) is 5.91 Å². The maximum absolute atomic E-state index is 12.1. The predicted octanol–water partition coefficient (Wildman–Crippen LogP) is 1.72. The number of carbonyl (C=O) groups is 2. The number of carboxylic acids is 1. The van der Waals surface area contributed by atoms with Gasteiger partial charge < -0.3 is 20.6 Å². The van der Waals surface area contributed by atoms with Crippen molar-refractivity contribution in [1.82, 2.24) is 5.32 Å². The molecule has 110 valence electrons. The number of phenolic OH excluding ortho intramolecular Hbond substituents is 2. The summed E-state index contributed by atoms with van der Waals surface area (Å²) in [7, 11) is 0. The van der Waals surface area contributed by atoms with Crippen LogP contribution >= 0.6 is 0 Å². The highest BCUT2D eigenvalue weighted by Crippen LogP contribution is 2.33. The molecular weight excluding hydrogens is 262 g/mol. The van der Waals surface area contributed by atoms with E-state index in [2.05, 4.69) is 5.32 Å². The van der Waals surface area contributed by atoms with E-state index in [-0.39, 0.29) is 5.56 Å². The minimum atomic E-state index is -1.21. The highest BCUT2D eigenvalue weighted by Gasteiger charge is 2.44. The first-order valence-corrected chi connectivity index (χ1v) is 6.07. The monoisotopic (exact) mass is 281 g/mol. The molecule has 6 nitrogen and oxygen atoms in total. The number of aliphatic carboxylic acids is 1. The largest absolute Gasteiger partial charge is 0.504 e. The zero-order chi connectivity index (χ0) is 15.7. The molecule has 0 radical (unpaired) electrons. The van der Waals surface area contributed by atoms with Crippen molar-refractivity contribution >= 4 is 11.9 Å². The van der Waals surface area contributed by atoms with Gasteiger partial charge in [0, 0.05) is 0 Å². The molecule has 0 aliphatic heterocycles. The van der Waals surface area contributed by atoms with Gasteiger partial charge in [-0.1, -0.05) is 6.07 Å². The second kappa shape index (κ2) is 5.03. The smallest absolute Gasteiger partial charge is 0.311 e. The van der Waals surface area contributed by atoms with Crippen LogP contribution in [0.1, 0.15) is 38.1 Å². The number of carboxylic acid groups (broad SMARTS) is 1. The Hall–Kier alpha value is -2.24. The Morgan fingerprint density at radius 1 is 1.10 bits per heavy atom. The van der Waals surface area contributed by atoms with Crippen LogP contribution in [0, 0.1) is 5.41 Å². The Morgan fingerprint density at radius 2 is 1.65 bits per heavy atom. The fourth-order valence-electron chi connectivity index (χ4n) is 1.49. The Morgan fingerprint density at radius 3 is 2.15 bits per heavy atom. The first-order chi connectivity index (χ1) is 9.00. The molecule has 0 aromatic heterocycles. The normalized spacial score (nSPS) is 12.0. The van der Waals surface area contributed by atoms with E-state index < -0.39 is 34.3 Å². The van der Waals surface area contributed by atoms with Crippen LogP contribution in [0.2, 0.25) is 0 Å². The summed E-state index contributed by atoms with van der Waals surface area (Å²) < 4.78 is 0. The first-order valence-electron chi connectivity index (χ1n) is 6.07. The second-order valence-electron chi connectivity index (χ2n) is 5.68. The molecule has 0 aliphatic carbocycles. The number of nitrogens with one attached hydrogen (secondary N) is 1. The van der Waals surface area contributed by atoms with Crippen molar-refractivity contribution in [2.75, 3.05) is 0 Å². The third-order valence-corrected chi connectivity index (χ3v) is 3.78. The van der Waals surface area contributed by atoms with Gasteiger partial charge in [-0.05, 0) is 39.8 Å². The average Bonchev–Trinajstić information content (AvgIpc) is 2.31. The highest BCUT2D eigenvalue weighted by molar-refractivity contribution is 5.98. The van der Waals surface area contributed by atoms with Gasteiger partial charge in [-0.3, -0.25) is 9.59 Å². The lowest BCUT2D eigenvalue weighted by atomic mass is 9.74. The van der Waals surface area contributed by atoms with Gasteiger partial charge in [0.05, 0.1) is 16.5 Å². The van der Waals surface area contributed by atoms with Crippen molar-refractivity contribution < 1.29 is 24.9 Å². The van der Waals surface area contributed by atoms with E-state index in [0.717, 1.165) is 0 Å². The number of para-hydroxylation sites is 1. The zero-order valence-corrected chi connectivity index (χ0v) is 11.9. The van der Waals surface area contributed by atoms with Crippen LogP contribution in [-0.2, 0) is 4.79 Å². The molecule has 1 amide bonds. The summed E-state index contributed by atoms with van der Waals surface area (Å²) in [5.74, 6) is -2.65. The van der Waals surface area contributed by atoms with E-state index in [1.807, 2.05) is 0 Å². The van der Waals surface area contributed by atoms with Gasteiger partial charge in [0.1, 0.15) is 0 Å². The van der Waals surface area contributed by atoms with Crippen LogP contribution in [0.4, 0.5) is 0 Å². The van der Waals surface area contributed by atoms with Gasteiger partial charge in [-0.2, -0.15) is 0 Å². The van der Waals surface area contributed by atoms with Crippen LogP contribution in [0.25, 0.3) is 0 Å². The summed E-state index contributed by atoms with van der Waals surface area (Å²) in [6.45, 7) is 6.16. The van der Waals surface area contributed by atoms with Crippen LogP contribution in [-0.4, -0.2) is 32.7 Å². The van der Waals surface area contributed by atoms with Gasteiger partial charge in [-0.15, -0.1) is 0 Å². The number of phenols is 2. The SMILES string of the molecule is CC(C)(NC(=O)c1cccc(O)c1O)C(C)(C)C(=O)O. The number of hydrogen-bond donors (Lipinski definition) is 4. The summed E-state index contributed by atoms with van der Waals surface area (Å²) in [6, 6.07) is 4.01. The van der Waals surface area contributed by atoms with Crippen molar-refractivity contribution in [3.8, 4) is 11.5 Å². The van der Waals surface area contributed by atoms with Crippen molar-refractivity contribution in [2.24, 2.45) is 5.41 Å². The Kier molecular flexibility index (Phi) is 3.98. The molecule has 0 saturated heterocycles. The van der Waals surface area contributed by atoms with E-state index in [0.29, 0.717) is 0 Å². The van der Waals surface area contributed by atoms with E-state index in [1.165, 1.54) is 32.0 Å². The molecule has 0 aliphatic rings. The molecule has 1 aromatic rings. The maximum Gasteiger partial charge on any atom is 0.311 e. The van der Waals surface area contributed by atoms with Crippen molar-refractivity contribution in [1.29, 1.82) is 0 Å². The average molecular weight is 281 g/mol. The van der Waals surface area contributed by atoms with Crippen LogP contribution in [0.15, 0.2) is 18.2 Å². The third kappa shape index (κ3) is 2.68. The molecule has 0 atom stereocenters. The Balaban J connectivity index is 3.07. The topological polar surface area (TPSA) is 107 Å². The zero-order valence-electron chi connectivity index (χ0n) is 11.9. The van der Waals surface area contributed by atoms with Gasteiger partial charge in [-0.25, -0.2) is 0 Å². The number of hydrogen-bond acceptors (Lipinski definition) is 4. The molecule has 1 aromatic carbocycles. The minimum Gasteiger partial charge on any atom is -0.504 e. The maximum atomic E-state index is 12.1. The Labute approximate surface area is 117 Å². The lowest BCUT2D eigenvalue weighted by Crippen LogP contribution is -2.56. The predicted molar refractivity (Wildman–Crippen MR) is 72.7 cm³/mol. The number of carbonyl (C=O) groups excluding carboxylic acids is 1. The van der Waals surface area contributed by atoms with Crippen LogP contribution in [0.5, 0.6) is 11.5 Å². The van der Waals surface area contributed by atoms with Crippen LogP contribution < -0.4 is 5.32 Å². The van der Waals surface area contributed by atoms with E-state index in [1.54, 1.807) is 13.8 Å². The molecule has 0 heterocycles. The summed E-state index contributed by atoms with van der Waals surface area (Å²) in [4.78, 5) is 23.4. The standard InChI is InChI=1S/C14H19NO5/c1-13(2,12(19)20)14(3,4)15-11(18)8-6-5-7-9(16)10(8)17/h5-7,16-17H,1-4H3,(H,15,18)(H,19,20). The van der Waals surface area contributed by atoms with Gasteiger partial charge >= 0.3 is 5.97 Å². The summed E-state index contributed by atoms with van der Waals surface area (Å²) >= 11 is 0. The van der Waals surface area contributed by atoms with Gasteiger partial charge in [0.15, 0.2) is 11.5 Å². The fraction of sp³-hybridized carbons (Fsp3) is 0.429. The van der Waals surface area contributed by atoms with Crippen molar-refractivity contribution in [3.63, 3.8) is 0 Å². The summed E-state index contributed by atoms with van der Waals surface area (Å²) in [6.07, 6.45) is 0. The second-order valence-corrected chi connectivity index (χ2v) is 5.68. The van der Waals surface area contributed by atoms with Gasteiger partial charge in [0.2, 0.25) is 0 Å². The van der Waals surface area contributed by atoms with Crippen LogP contribution in [0.3, 0.4) is 0 Å². The summed E-state index contributed by atoms with van der Waals surface area (Å²) in [5, 5.41) is 30.8. The molecule has 0 unspecified atom stereocenters. The summed E-state index contributed by atoms with van der Waals surface area (Å²) in [5.41, 5.74) is -2.39. The third-order valence-electron chi connectivity index (χ3n) is 3.78.